The minimum Gasteiger partial charge on any atom is -0.390 e. The molecule has 20 heavy (non-hydrogen) atoms. The van der Waals surface area contributed by atoms with Gasteiger partial charge in [0.1, 0.15) is 0 Å². The van der Waals surface area contributed by atoms with Crippen LogP contribution in [0.4, 0.5) is 5.69 Å². The lowest BCUT2D eigenvalue weighted by Gasteiger charge is -2.37. The summed E-state index contributed by atoms with van der Waals surface area (Å²) in [4.78, 5) is 15.3. The summed E-state index contributed by atoms with van der Waals surface area (Å²) in [5.41, 5.74) is 0.0229. The van der Waals surface area contributed by atoms with E-state index < -0.39 is 11.0 Å². The fraction of sp³-hybridized carbons (Fsp3) is 0.533. The number of nitriles is 1. The second-order valence-corrected chi connectivity index (χ2v) is 5.80. The third kappa shape index (κ3) is 2.97. The van der Waals surface area contributed by atoms with E-state index in [0.717, 1.165) is 0 Å². The minimum atomic E-state index is -0.684. The molecular weight excluding hydrogens is 254 g/mol. The molecule has 5 nitrogen and oxygen atoms in total. The molecule has 0 spiro atoms. The molecule has 1 aliphatic carbocycles. The molecule has 106 valence electrons. The number of nitrogens with one attached hydrogen (secondary N) is 1. The summed E-state index contributed by atoms with van der Waals surface area (Å²) in [7, 11) is 0. The van der Waals surface area contributed by atoms with Crippen LogP contribution in [0.25, 0.3) is 0 Å². The predicted molar refractivity (Wildman–Crippen MR) is 74.9 cm³/mol. The molecule has 2 N–H and O–H groups in total. The Kier molecular flexibility index (Phi) is 3.78. The lowest BCUT2D eigenvalue weighted by atomic mass is 9.68. The predicted octanol–water partition coefficient (Wildman–Crippen LogP) is 2.13. The van der Waals surface area contributed by atoms with Gasteiger partial charge in [0.05, 0.1) is 34.7 Å². The van der Waals surface area contributed by atoms with Crippen molar-refractivity contribution >= 4 is 11.6 Å². The van der Waals surface area contributed by atoms with E-state index in [1.54, 1.807) is 18.3 Å². The van der Waals surface area contributed by atoms with E-state index in [4.69, 9.17) is 0 Å². The van der Waals surface area contributed by atoms with Crippen molar-refractivity contribution in [1.29, 1.82) is 5.26 Å². The van der Waals surface area contributed by atoms with Crippen LogP contribution in [0.3, 0.4) is 0 Å². The second kappa shape index (κ2) is 5.22. The van der Waals surface area contributed by atoms with Crippen LogP contribution in [0, 0.1) is 11.3 Å². The highest BCUT2D eigenvalue weighted by molar-refractivity contribution is 5.88. The minimum absolute atomic E-state index is 0.150. The first-order chi connectivity index (χ1) is 9.37. The van der Waals surface area contributed by atoms with Gasteiger partial charge in [-0.3, -0.25) is 9.78 Å². The number of carbonyl (C=O) groups excluding carboxylic acids is 1. The van der Waals surface area contributed by atoms with Crippen molar-refractivity contribution in [2.45, 2.75) is 50.5 Å². The Morgan fingerprint density at radius 1 is 1.40 bits per heavy atom. The van der Waals surface area contributed by atoms with Crippen LogP contribution in [-0.2, 0) is 10.2 Å². The lowest BCUT2D eigenvalue weighted by Crippen LogP contribution is -2.39. The van der Waals surface area contributed by atoms with Gasteiger partial charge in [-0.05, 0) is 44.7 Å². The van der Waals surface area contributed by atoms with Gasteiger partial charge < -0.3 is 10.4 Å². The van der Waals surface area contributed by atoms with Crippen LogP contribution in [0.2, 0.25) is 0 Å². The zero-order valence-electron chi connectivity index (χ0n) is 11.8. The summed E-state index contributed by atoms with van der Waals surface area (Å²) in [6.45, 7) is 3.25. The van der Waals surface area contributed by atoms with Gasteiger partial charge >= 0.3 is 0 Å². The Morgan fingerprint density at radius 3 is 2.50 bits per heavy atom. The summed E-state index contributed by atoms with van der Waals surface area (Å²) in [5, 5.41) is 22.2. The van der Waals surface area contributed by atoms with Gasteiger partial charge in [-0.25, -0.2) is 0 Å². The monoisotopic (exact) mass is 273 g/mol. The molecule has 1 fully saturated rings. The highest BCUT2D eigenvalue weighted by Crippen LogP contribution is 2.42. The summed E-state index contributed by atoms with van der Waals surface area (Å²) >= 11 is 0. The normalized spacial score (nSPS) is 29.5. The van der Waals surface area contributed by atoms with Crippen molar-refractivity contribution in [3.8, 4) is 6.07 Å². The van der Waals surface area contributed by atoms with Crippen molar-refractivity contribution in [2.75, 3.05) is 5.32 Å². The highest BCUT2D eigenvalue weighted by Gasteiger charge is 2.41. The zero-order chi connectivity index (χ0) is 14.8. The summed E-state index contributed by atoms with van der Waals surface area (Å²) < 4.78 is 0. The Labute approximate surface area is 118 Å². The SMILES string of the molecule is CC(=O)Nc1ccc(C2(C#N)CCC(C)(O)CC2)nc1. The Hall–Kier alpha value is -1.93. The van der Waals surface area contributed by atoms with Gasteiger partial charge in [0.2, 0.25) is 5.91 Å². The van der Waals surface area contributed by atoms with Crippen LogP contribution in [0.1, 0.15) is 45.2 Å². The molecule has 0 aromatic carbocycles. The number of hydrogen-bond donors (Lipinski definition) is 2. The van der Waals surface area contributed by atoms with Crippen molar-refractivity contribution in [1.82, 2.24) is 4.98 Å². The van der Waals surface area contributed by atoms with Crippen molar-refractivity contribution < 1.29 is 9.90 Å². The van der Waals surface area contributed by atoms with E-state index in [1.165, 1.54) is 6.92 Å². The molecule has 5 heteroatoms. The molecule has 1 aromatic rings. The maximum atomic E-state index is 11.0. The van der Waals surface area contributed by atoms with Gasteiger partial charge in [-0.15, -0.1) is 0 Å². The van der Waals surface area contributed by atoms with Crippen molar-refractivity contribution in [2.24, 2.45) is 0 Å². The number of aromatic nitrogens is 1. The largest absolute Gasteiger partial charge is 0.390 e. The number of carbonyl (C=O) groups is 1. The number of aliphatic hydroxyl groups is 1. The number of nitrogens with zero attached hydrogens (tertiary/aromatic N) is 2. The topological polar surface area (TPSA) is 86.0 Å². The van der Waals surface area contributed by atoms with Gasteiger partial charge in [-0.2, -0.15) is 5.26 Å². The van der Waals surface area contributed by atoms with E-state index in [1.807, 2.05) is 6.92 Å². The summed E-state index contributed by atoms with van der Waals surface area (Å²) in [5.74, 6) is -0.150. The molecule has 1 aliphatic rings. The molecule has 0 unspecified atom stereocenters. The van der Waals surface area contributed by atoms with Gasteiger partial charge in [-0.1, -0.05) is 0 Å². The van der Waals surface area contributed by atoms with Gasteiger partial charge in [0, 0.05) is 6.92 Å². The Bertz CT molecular complexity index is 533. The fourth-order valence-corrected chi connectivity index (χ4v) is 2.59. The van der Waals surface area contributed by atoms with Crippen LogP contribution >= 0.6 is 0 Å². The van der Waals surface area contributed by atoms with Crippen LogP contribution < -0.4 is 5.32 Å². The molecule has 1 saturated carbocycles. The van der Waals surface area contributed by atoms with E-state index in [-0.39, 0.29) is 5.91 Å². The molecule has 1 heterocycles. The van der Waals surface area contributed by atoms with Crippen molar-refractivity contribution in [3.05, 3.63) is 24.0 Å². The van der Waals surface area contributed by atoms with Gasteiger partial charge in [0.15, 0.2) is 0 Å². The molecule has 0 saturated heterocycles. The molecule has 0 atom stereocenters. The Morgan fingerprint density at radius 2 is 2.05 bits per heavy atom. The van der Waals surface area contributed by atoms with E-state index in [9.17, 15) is 15.2 Å². The summed E-state index contributed by atoms with van der Waals surface area (Å²) in [6, 6.07) is 5.92. The van der Waals surface area contributed by atoms with Crippen LogP contribution in [0.15, 0.2) is 18.3 Å². The smallest absolute Gasteiger partial charge is 0.221 e. The van der Waals surface area contributed by atoms with E-state index in [2.05, 4.69) is 16.4 Å². The molecule has 0 aliphatic heterocycles. The number of hydrogen-bond acceptors (Lipinski definition) is 4. The van der Waals surface area contributed by atoms with Crippen LogP contribution in [0.5, 0.6) is 0 Å². The average molecular weight is 273 g/mol. The zero-order valence-corrected chi connectivity index (χ0v) is 11.8. The van der Waals surface area contributed by atoms with Crippen LogP contribution in [-0.4, -0.2) is 21.6 Å². The first-order valence-electron chi connectivity index (χ1n) is 6.75. The van der Waals surface area contributed by atoms with E-state index >= 15 is 0 Å². The van der Waals surface area contributed by atoms with Gasteiger partial charge in [0.25, 0.3) is 0 Å². The number of amides is 1. The standard InChI is InChI=1S/C15H19N3O2/c1-11(19)18-12-3-4-13(17-9-12)15(10-16)7-5-14(2,20)6-8-15/h3-4,9,20H,5-8H2,1-2H3,(H,18,19). The average Bonchev–Trinajstić information content (AvgIpc) is 2.40. The first-order valence-corrected chi connectivity index (χ1v) is 6.75. The van der Waals surface area contributed by atoms with E-state index in [0.29, 0.717) is 37.1 Å². The van der Waals surface area contributed by atoms with Crippen molar-refractivity contribution in [3.63, 3.8) is 0 Å². The molecule has 0 bridgehead atoms. The number of anilines is 1. The molecule has 1 amide bonds. The Balaban J connectivity index is 2.21. The maximum absolute atomic E-state index is 11.0. The summed E-state index contributed by atoms with van der Waals surface area (Å²) in [6.07, 6.45) is 3.96. The molecular formula is C15H19N3O2. The molecule has 2 rings (SSSR count). The maximum Gasteiger partial charge on any atom is 0.221 e. The molecule has 1 aromatic heterocycles. The highest BCUT2D eigenvalue weighted by atomic mass is 16.3. The lowest BCUT2D eigenvalue weighted by molar-refractivity contribution is -0.114. The third-order valence-electron chi connectivity index (χ3n) is 3.97. The molecule has 0 radical (unpaired) electrons. The number of rotatable bonds is 2. The third-order valence-corrected chi connectivity index (χ3v) is 3.97. The first kappa shape index (κ1) is 14.5. The number of pyridine rings is 1. The quantitative estimate of drug-likeness (QED) is 0.864. The second-order valence-electron chi connectivity index (χ2n) is 5.80. The fourth-order valence-electron chi connectivity index (χ4n) is 2.59.